The highest BCUT2D eigenvalue weighted by Gasteiger charge is 2.32. The van der Waals surface area contributed by atoms with Gasteiger partial charge in [0.25, 0.3) is 10.6 Å². The molecule has 0 amide bonds. The van der Waals surface area contributed by atoms with E-state index in [4.69, 9.17) is 0 Å². The second kappa shape index (κ2) is 9.61. The fraction of sp³-hybridized carbons (Fsp3) is 0.385. The van der Waals surface area contributed by atoms with Crippen molar-refractivity contribution in [1.29, 1.82) is 0 Å². The molecule has 0 aliphatic carbocycles. The number of fused-ring (bicyclic) bond motifs is 2. The summed E-state index contributed by atoms with van der Waals surface area (Å²) in [6, 6.07) is 14.3. The Labute approximate surface area is 196 Å². The van der Waals surface area contributed by atoms with Crippen LogP contribution in [-0.2, 0) is 24.8 Å². The molecule has 1 N–H and O–H groups in total. The van der Waals surface area contributed by atoms with Crippen molar-refractivity contribution in [1.82, 2.24) is 13.7 Å². The minimum atomic E-state index is -1.11. The van der Waals surface area contributed by atoms with Crippen molar-refractivity contribution in [3.63, 3.8) is 0 Å². The molecule has 0 radical (unpaired) electrons. The van der Waals surface area contributed by atoms with Crippen LogP contribution in [0.5, 0.6) is 0 Å². The standard InChI is InChI=1S/C26H32N3O3S/c1-5-6-9-15-33(32)25-23-22(29(18(2)3)26(31)27(4)24(23)30)17-28(25)16-20-13-10-12-19-11-7-8-14-21(19)20/h7-8,10-14,17-18,32H,5-6,9,15-16H2,1-4H3/q+1. The monoisotopic (exact) mass is 466 g/mol. The molecule has 6 nitrogen and oxygen atoms in total. The highest BCUT2D eigenvalue weighted by molar-refractivity contribution is 7.91. The molecule has 4 rings (SSSR count). The molecule has 2 aromatic carbocycles. The van der Waals surface area contributed by atoms with Crippen molar-refractivity contribution in [3.05, 3.63) is 75.1 Å². The third-order valence-electron chi connectivity index (χ3n) is 6.18. The zero-order chi connectivity index (χ0) is 23.7. The van der Waals surface area contributed by atoms with Gasteiger partial charge in [0.05, 0.1) is 12.1 Å². The SMILES string of the molecule is CCCCC[S+](O)c1c2c(=O)n(C)c(=O)n(C(C)C)c2cn1Cc1cccc2ccccc12. The number of hydrogen-bond donors (Lipinski definition) is 1. The average Bonchev–Trinajstić information content (AvgIpc) is 3.16. The van der Waals surface area contributed by atoms with Crippen LogP contribution in [0.15, 0.2) is 63.3 Å². The Bertz CT molecular complexity index is 1410. The Morgan fingerprint density at radius 1 is 1.03 bits per heavy atom. The van der Waals surface area contributed by atoms with Crippen molar-refractivity contribution >= 4 is 32.9 Å². The molecule has 33 heavy (non-hydrogen) atoms. The van der Waals surface area contributed by atoms with Gasteiger partial charge in [-0.1, -0.05) is 55.8 Å². The molecule has 0 bridgehead atoms. The van der Waals surface area contributed by atoms with Gasteiger partial charge in [-0.3, -0.25) is 18.5 Å². The summed E-state index contributed by atoms with van der Waals surface area (Å²) in [6.45, 7) is 6.52. The van der Waals surface area contributed by atoms with E-state index in [-0.39, 0.29) is 17.3 Å². The fourth-order valence-corrected chi connectivity index (χ4v) is 5.98. The van der Waals surface area contributed by atoms with Gasteiger partial charge in [0.2, 0.25) is 11.2 Å². The van der Waals surface area contributed by atoms with Gasteiger partial charge in [0, 0.05) is 19.3 Å². The number of unbranched alkanes of at least 4 members (excludes halogenated alkanes) is 2. The Kier molecular flexibility index (Phi) is 6.81. The van der Waals surface area contributed by atoms with Crippen molar-refractivity contribution < 1.29 is 4.55 Å². The molecular weight excluding hydrogens is 434 g/mol. The third-order valence-corrected chi connectivity index (χ3v) is 7.74. The van der Waals surface area contributed by atoms with E-state index in [0.717, 1.165) is 40.2 Å². The lowest BCUT2D eigenvalue weighted by Gasteiger charge is -2.12. The van der Waals surface area contributed by atoms with E-state index in [2.05, 4.69) is 31.2 Å². The first-order valence-corrected chi connectivity index (χ1v) is 12.9. The van der Waals surface area contributed by atoms with E-state index < -0.39 is 11.2 Å². The third kappa shape index (κ3) is 4.27. The summed E-state index contributed by atoms with van der Waals surface area (Å²) in [5.41, 5.74) is 1.02. The summed E-state index contributed by atoms with van der Waals surface area (Å²) >= 11 is -1.11. The summed E-state index contributed by atoms with van der Waals surface area (Å²) in [5.74, 6) is 0.604. The van der Waals surface area contributed by atoms with Crippen LogP contribution < -0.4 is 11.2 Å². The minimum absolute atomic E-state index is 0.117. The molecule has 0 fully saturated rings. The predicted octanol–water partition coefficient (Wildman–Crippen LogP) is 4.92. The lowest BCUT2D eigenvalue weighted by Crippen LogP contribution is -2.38. The summed E-state index contributed by atoms with van der Waals surface area (Å²) in [5, 5.41) is 3.37. The van der Waals surface area contributed by atoms with Crippen LogP contribution in [0.25, 0.3) is 21.7 Å². The second-order valence-corrected chi connectivity index (χ2v) is 10.4. The van der Waals surface area contributed by atoms with E-state index in [1.54, 1.807) is 4.57 Å². The van der Waals surface area contributed by atoms with Crippen LogP contribution in [-0.4, -0.2) is 24.0 Å². The smallest absolute Gasteiger partial charge is 0.299 e. The lowest BCUT2D eigenvalue weighted by molar-refractivity contribution is 0.556. The molecular formula is C26H32N3O3S+. The van der Waals surface area contributed by atoms with E-state index in [1.807, 2.05) is 42.8 Å². The highest BCUT2D eigenvalue weighted by Crippen LogP contribution is 2.28. The van der Waals surface area contributed by atoms with E-state index in [0.29, 0.717) is 28.2 Å². The van der Waals surface area contributed by atoms with Crippen LogP contribution in [0.1, 0.15) is 51.6 Å². The zero-order valence-electron chi connectivity index (χ0n) is 19.7. The van der Waals surface area contributed by atoms with E-state index in [9.17, 15) is 14.1 Å². The summed E-state index contributed by atoms with van der Waals surface area (Å²) < 4.78 is 16.1. The van der Waals surface area contributed by atoms with Crippen molar-refractivity contribution in [2.24, 2.45) is 7.05 Å². The molecule has 1 atom stereocenters. The molecule has 2 heterocycles. The molecule has 0 aliphatic heterocycles. The number of hydrogen-bond acceptors (Lipinski definition) is 3. The number of nitrogens with zero attached hydrogens (tertiary/aromatic N) is 3. The van der Waals surface area contributed by atoms with Crippen LogP contribution >= 0.6 is 0 Å². The minimum Gasteiger partial charge on any atom is -0.299 e. The largest absolute Gasteiger partial charge is 0.331 e. The van der Waals surface area contributed by atoms with Gasteiger partial charge in [-0.2, -0.15) is 4.55 Å². The molecule has 4 aromatic rings. The van der Waals surface area contributed by atoms with Gasteiger partial charge in [-0.15, -0.1) is 0 Å². The van der Waals surface area contributed by atoms with Crippen LogP contribution in [0.2, 0.25) is 0 Å². The van der Waals surface area contributed by atoms with Crippen molar-refractivity contribution in [2.45, 2.75) is 57.6 Å². The van der Waals surface area contributed by atoms with Crippen LogP contribution in [0.3, 0.4) is 0 Å². The molecule has 1 unspecified atom stereocenters. The molecule has 2 aromatic heterocycles. The average molecular weight is 467 g/mol. The maximum Gasteiger partial charge on any atom is 0.331 e. The summed E-state index contributed by atoms with van der Waals surface area (Å²) in [6.07, 6.45) is 4.86. The van der Waals surface area contributed by atoms with Gasteiger partial charge in [-0.25, -0.2) is 4.79 Å². The normalized spacial score (nSPS) is 12.8. The first-order chi connectivity index (χ1) is 15.8. The molecule has 0 spiro atoms. The number of rotatable bonds is 8. The van der Waals surface area contributed by atoms with Gasteiger partial charge < -0.3 is 0 Å². The Hall–Kier alpha value is -2.77. The molecule has 0 saturated heterocycles. The van der Waals surface area contributed by atoms with Crippen LogP contribution in [0, 0.1) is 0 Å². The predicted molar refractivity (Wildman–Crippen MR) is 138 cm³/mol. The second-order valence-electron chi connectivity index (χ2n) is 8.85. The number of aromatic nitrogens is 3. The maximum absolute atomic E-state index is 13.3. The van der Waals surface area contributed by atoms with Crippen molar-refractivity contribution in [2.75, 3.05) is 5.75 Å². The molecule has 7 heteroatoms. The quantitative estimate of drug-likeness (QED) is 0.296. The van der Waals surface area contributed by atoms with Gasteiger partial charge in [-0.05, 0) is 43.0 Å². The zero-order valence-corrected chi connectivity index (χ0v) is 20.6. The Morgan fingerprint density at radius 2 is 1.76 bits per heavy atom. The maximum atomic E-state index is 13.3. The van der Waals surface area contributed by atoms with Gasteiger partial charge in [0.15, 0.2) is 0 Å². The van der Waals surface area contributed by atoms with Gasteiger partial charge in [0.1, 0.15) is 11.1 Å². The Morgan fingerprint density at radius 3 is 2.48 bits per heavy atom. The Balaban J connectivity index is 1.97. The van der Waals surface area contributed by atoms with Crippen LogP contribution in [0.4, 0.5) is 0 Å². The fourth-order valence-electron chi connectivity index (χ4n) is 4.50. The summed E-state index contributed by atoms with van der Waals surface area (Å²) in [7, 11) is 1.52. The van der Waals surface area contributed by atoms with Gasteiger partial charge >= 0.3 is 5.69 Å². The first kappa shape index (κ1) is 23.4. The molecule has 0 saturated carbocycles. The van der Waals surface area contributed by atoms with Crippen molar-refractivity contribution in [3.8, 4) is 0 Å². The highest BCUT2D eigenvalue weighted by atomic mass is 32.2. The molecule has 0 aliphatic rings. The topological polar surface area (TPSA) is 69.2 Å². The van der Waals surface area contributed by atoms with E-state index >= 15 is 0 Å². The number of benzene rings is 2. The first-order valence-electron chi connectivity index (χ1n) is 11.6. The lowest BCUT2D eigenvalue weighted by atomic mass is 10.0. The summed E-state index contributed by atoms with van der Waals surface area (Å²) in [4.78, 5) is 26.2. The van der Waals surface area contributed by atoms with E-state index in [1.165, 1.54) is 7.05 Å². The molecule has 174 valence electrons.